The molecule has 2 aromatic carbocycles. The fourth-order valence-corrected chi connectivity index (χ4v) is 4.83. The lowest BCUT2D eigenvalue weighted by atomic mass is 10.1. The quantitative estimate of drug-likeness (QED) is 0.312. The molecular formula is C23H18Cl2N4O2S. The minimum absolute atomic E-state index is 0.347. The normalized spacial score (nSPS) is 15.4. The zero-order chi connectivity index (χ0) is 22.4. The van der Waals surface area contributed by atoms with Crippen LogP contribution in [0.1, 0.15) is 25.3 Å². The van der Waals surface area contributed by atoms with Crippen LogP contribution >= 0.6 is 35.0 Å². The Labute approximate surface area is 198 Å². The number of imidazole rings is 1. The summed E-state index contributed by atoms with van der Waals surface area (Å²) in [5.41, 5.74) is 4.46. The van der Waals surface area contributed by atoms with E-state index in [0.29, 0.717) is 15.0 Å². The van der Waals surface area contributed by atoms with Crippen molar-refractivity contribution in [3.8, 4) is 11.5 Å². The van der Waals surface area contributed by atoms with E-state index in [9.17, 15) is 9.59 Å². The molecule has 0 spiro atoms. The van der Waals surface area contributed by atoms with Gasteiger partial charge in [0.1, 0.15) is 0 Å². The molecule has 1 saturated heterocycles. The van der Waals surface area contributed by atoms with E-state index in [1.165, 1.54) is 0 Å². The third-order valence-electron chi connectivity index (χ3n) is 5.37. The van der Waals surface area contributed by atoms with Gasteiger partial charge in [-0.3, -0.25) is 14.9 Å². The molecule has 2 amide bonds. The molecule has 6 nitrogen and oxygen atoms in total. The van der Waals surface area contributed by atoms with Gasteiger partial charge in [0.25, 0.3) is 11.1 Å². The number of unbranched alkanes of at least 4 members (excludes halogenated alkanes) is 1. The first-order valence-electron chi connectivity index (χ1n) is 10.2. The van der Waals surface area contributed by atoms with Gasteiger partial charge in [-0.2, -0.15) is 0 Å². The second-order valence-corrected chi connectivity index (χ2v) is 9.40. The molecule has 0 atom stereocenters. The maximum Gasteiger partial charge on any atom is 0.290 e. The summed E-state index contributed by atoms with van der Waals surface area (Å²) in [7, 11) is 0. The third kappa shape index (κ3) is 3.81. The van der Waals surface area contributed by atoms with Crippen molar-refractivity contribution < 1.29 is 9.59 Å². The molecule has 0 unspecified atom stereocenters. The van der Waals surface area contributed by atoms with Crippen molar-refractivity contribution in [1.29, 1.82) is 0 Å². The van der Waals surface area contributed by atoms with E-state index in [0.717, 1.165) is 70.2 Å². The summed E-state index contributed by atoms with van der Waals surface area (Å²) >= 11 is 13.3. The molecule has 32 heavy (non-hydrogen) atoms. The van der Waals surface area contributed by atoms with E-state index in [4.69, 9.17) is 28.2 Å². The van der Waals surface area contributed by atoms with Crippen molar-refractivity contribution in [3.63, 3.8) is 0 Å². The average Bonchev–Trinajstić information content (AvgIpc) is 3.41. The van der Waals surface area contributed by atoms with Crippen LogP contribution in [0, 0.1) is 0 Å². The van der Waals surface area contributed by atoms with Crippen LogP contribution in [0.4, 0.5) is 4.79 Å². The molecule has 3 heterocycles. The summed E-state index contributed by atoms with van der Waals surface area (Å²) in [5.74, 6) is 0.378. The Bertz CT molecular complexity index is 1400. The Morgan fingerprint density at radius 2 is 1.94 bits per heavy atom. The topological polar surface area (TPSA) is 79.8 Å². The monoisotopic (exact) mass is 484 g/mol. The number of amides is 2. The number of carbonyl (C=O) groups is 2. The van der Waals surface area contributed by atoms with Gasteiger partial charge in [0.05, 0.1) is 31.7 Å². The van der Waals surface area contributed by atoms with E-state index in [-0.39, 0.29) is 11.1 Å². The summed E-state index contributed by atoms with van der Waals surface area (Å²) in [6.45, 7) is 3.01. The zero-order valence-corrected chi connectivity index (χ0v) is 19.4. The molecule has 9 heteroatoms. The number of aromatic amines is 1. The second kappa shape index (κ2) is 8.31. The van der Waals surface area contributed by atoms with Crippen molar-refractivity contribution in [2.24, 2.45) is 0 Å². The molecule has 162 valence electrons. The number of carbonyl (C=O) groups excluding carboxylic acids is 2. The number of aromatic nitrogens is 3. The number of thioether (sulfide) groups is 1. The van der Waals surface area contributed by atoms with Crippen LogP contribution in [0.5, 0.6) is 0 Å². The van der Waals surface area contributed by atoms with Crippen molar-refractivity contribution in [2.45, 2.75) is 26.3 Å². The number of halogens is 2. The predicted octanol–water partition coefficient (Wildman–Crippen LogP) is 6.62. The number of fused-ring (bicyclic) bond motifs is 2. The van der Waals surface area contributed by atoms with E-state index < -0.39 is 0 Å². The lowest BCUT2D eigenvalue weighted by Crippen LogP contribution is -2.17. The van der Waals surface area contributed by atoms with Crippen molar-refractivity contribution in [2.75, 3.05) is 0 Å². The summed E-state index contributed by atoms with van der Waals surface area (Å²) in [4.78, 5) is 31.8. The first-order chi connectivity index (χ1) is 15.4. The lowest BCUT2D eigenvalue weighted by Gasteiger charge is -2.09. The average molecular weight is 485 g/mol. The van der Waals surface area contributed by atoms with Gasteiger partial charge in [-0.1, -0.05) is 42.6 Å². The number of benzene rings is 2. The van der Waals surface area contributed by atoms with Crippen LogP contribution in [0.25, 0.3) is 39.5 Å². The Balaban J connectivity index is 1.62. The Kier molecular flexibility index (Phi) is 5.49. The fourth-order valence-electron chi connectivity index (χ4n) is 3.83. The van der Waals surface area contributed by atoms with Crippen molar-refractivity contribution >= 4 is 74.1 Å². The number of nitrogens with one attached hydrogen (secondary N) is 2. The van der Waals surface area contributed by atoms with Gasteiger partial charge in [-0.05, 0) is 60.2 Å². The highest BCUT2D eigenvalue weighted by Gasteiger charge is 2.25. The third-order valence-corrected chi connectivity index (χ3v) is 6.90. The summed E-state index contributed by atoms with van der Waals surface area (Å²) in [6.07, 6.45) is 3.83. The molecule has 5 rings (SSSR count). The standard InChI is InChI=1S/C23H18Cl2N4O2S/c1-2-3-6-29-18-5-4-12(8-20-22(30)28-23(31)32-20)7-13(18)9-19(29)21-26-16-10-14(24)15(25)11-17(16)27-21/h4-5,7-11H,2-3,6H2,1H3,(H,26,27)(H,28,30,31)/b20-8-. The SMILES string of the molecule is CCCCn1c(-c2nc3cc(Cl)c(Cl)cc3[nH]2)cc2cc(/C=C3\SC(=O)NC3=O)ccc21. The molecule has 0 saturated carbocycles. The molecule has 1 fully saturated rings. The van der Waals surface area contributed by atoms with Gasteiger partial charge < -0.3 is 9.55 Å². The first-order valence-corrected chi connectivity index (χ1v) is 11.7. The van der Waals surface area contributed by atoms with Gasteiger partial charge >= 0.3 is 0 Å². The minimum atomic E-state index is -0.360. The number of rotatable bonds is 5. The highest BCUT2D eigenvalue weighted by atomic mass is 35.5. The van der Waals surface area contributed by atoms with Crippen LogP contribution in [0.15, 0.2) is 41.3 Å². The van der Waals surface area contributed by atoms with E-state index >= 15 is 0 Å². The molecular weight excluding hydrogens is 467 g/mol. The van der Waals surface area contributed by atoms with Crippen LogP contribution in [-0.4, -0.2) is 25.7 Å². The number of hydrogen-bond acceptors (Lipinski definition) is 4. The highest BCUT2D eigenvalue weighted by molar-refractivity contribution is 8.18. The van der Waals surface area contributed by atoms with Gasteiger partial charge in [-0.15, -0.1) is 0 Å². The zero-order valence-electron chi connectivity index (χ0n) is 17.0. The number of hydrogen-bond donors (Lipinski definition) is 2. The maximum atomic E-state index is 11.9. The van der Waals surface area contributed by atoms with Gasteiger partial charge in [0.15, 0.2) is 5.82 Å². The number of imide groups is 1. The molecule has 4 aromatic rings. The first kappa shape index (κ1) is 21.1. The maximum absolute atomic E-state index is 11.9. The van der Waals surface area contributed by atoms with E-state index in [1.54, 1.807) is 18.2 Å². The molecule has 2 N–H and O–H groups in total. The van der Waals surface area contributed by atoms with Gasteiger partial charge in [-0.25, -0.2) is 4.98 Å². The van der Waals surface area contributed by atoms with Crippen molar-refractivity contribution in [1.82, 2.24) is 19.9 Å². The smallest absolute Gasteiger partial charge is 0.290 e. The molecule has 0 radical (unpaired) electrons. The van der Waals surface area contributed by atoms with Crippen LogP contribution in [0.2, 0.25) is 10.0 Å². The van der Waals surface area contributed by atoms with Crippen molar-refractivity contribution in [3.05, 3.63) is 56.9 Å². The van der Waals surface area contributed by atoms with E-state index in [2.05, 4.69) is 27.9 Å². The largest absolute Gasteiger partial charge is 0.338 e. The molecule has 0 bridgehead atoms. The predicted molar refractivity (Wildman–Crippen MR) is 131 cm³/mol. The minimum Gasteiger partial charge on any atom is -0.338 e. The van der Waals surface area contributed by atoms with E-state index in [1.807, 2.05) is 18.2 Å². The van der Waals surface area contributed by atoms with Crippen LogP contribution < -0.4 is 5.32 Å². The molecule has 1 aliphatic heterocycles. The summed E-state index contributed by atoms with van der Waals surface area (Å²) < 4.78 is 2.25. The summed E-state index contributed by atoms with van der Waals surface area (Å²) in [6, 6.07) is 11.6. The number of H-pyrrole nitrogens is 1. The molecule has 2 aromatic heterocycles. The summed E-state index contributed by atoms with van der Waals surface area (Å²) in [5, 5.41) is 3.91. The van der Waals surface area contributed by atoms with Gasteiger partial charge in [0.2, 0.25) is 0 Å². The number of aryl methyl sites for hydroxylation is 1. The number of nitrogens with zero attached hydrogens (tertiary/aromatic N) is 2. The van der Waals surface area contributed by atoms with Gasteiger partial charge in [0, 0.05) is 17.4 Å². The molecule has 0 aliphatic carbocycles. The second-order valence-electron chi connectivity index (χ2n) is 7.57. The molecule has 1 aliphatic rings. The lowest BCUT2D eigenvalue weighted by molar-refractivity contribution is -0.115. The highest BCUT2D eigenvalue weighted by Crippen LogP contribution is 2.33. The Morgan fingerprint density at radius 3 is 2.69 bits per heavy atom. The van der Waals surface area contributed by atoms with Crippen LogP contribution in [-0.2, 0) is 11.3 Å². The fraction of sp³-hybridized carbons (Fsp3) is 0.174. The Morgan fingerprint density at radius 1 is 1.12 bits per heavy atom. The van der Waals surface area contributed by atoms with Crippen LogP contribution in [0.3, 0.4) is 0 Å². The Hall–Kier alpha value is -2.74.